The lowest BCUT2D eigenvalue weighted by atomic mass is 10.1. The molecule has 0 saturated heterocycles. The van der Waals surface area contributed by atoms with E-state index < -0.39 is 0 Å². The van der Waals surface area contributed by atoms with Gasteiger partial charge in [-0.05, 0) is 45.0 Å². The standard InChI is InChI=1S/C15H24FNO2/c1-6-17-13(10-19-15(2,3)4)11-7-8-14(18-5)12(16)9-11/h7-9,13,17H,6,10H2,1-5H3. The van der Waals surface area contributed by atoms with E-state index >= 15 is 0 Å². The smallest absolute Gasteiger partial charge is 0.165 e. The summed E-state index contributed by atoms with van der Waals surface area (Å²) in [5.41, 5.74) is 0.656. The SMILES string of the molecule is CCNC(COC(C)(C)C)c1ccc(OC)c(F)c1. The van der Waals surface area contributed by atoms with Crippen molar-refractivity contribution in [1.82, 2.24) is 5.32 Å². The highest BCUT2D eigenvalue weighted by atomic mass is 19.1. The third-order valence-electron chi connectivity index (χ3n) is 2.71. The number of hydrogen-bond donors (Lipinski definition) is 1. The largest absolute Gasteiger partial charge is 0.494 e. The molecule has 0 fully saturated rings. The fourth-order valence-electron chi connectivity index (χ4n) is 1.75. The van der Waals surface area contributed by atoms with Crippen molar-refractivity contribution >= 4 is 0 Å². The molecule has 108 valence electrons. The molecule has 0 aromatic heterocycles. The van der Waals surface area contributed by atoms with E-state index in [1.165, 1.54) is 13.2 Å². The van der Waals surface area contributed by atoms with Crippen LogP contribution < -0.4 is 10.1 Å². The summed E-state index contributed by atoms with van der Waals surface area (Å²) < 4.78 is 24.4. The third-order valence-corrected chi connectivity index (χ3v) is 2.71. The van der Waals surface area contributed by atoms with E-state index in [0.717, 1.165) is 12.1 Å². The first-order valence-electron chi connectivity index (χ1n) is 6.58. The van der Waals surface area contributed by atoms with Gasteiger partial charge in [0.25, 0.3) is 0 Å². The minimum atomic E-state index is -0.348. The van der Waals surface area contributed by atoms with E-state index in [2.05, 4.69) is 5.32 Å². The Balaban J connectivity index is 2.83. The quantitative estimate of drug-likeness (QED) is 0.859. The van der Waals surface area contributed by atoms with Crippen LogP contribution in [0.5, 0.6) is 5.75 Å². The lowest BCUT2D eigenvalue weighted by Crippen LogP contribution is -2.30. The van der Waals surface area contributed by atoms with Crippen LogP contribution in [0.1, 0.15) is 39.3 Å². The van der Waals surface area contributed by atoms with Crippen LogP contribution in [0.25, 0.3) is 0 Å². The number of hydrogen-bond acceptors (Lipinski definition) is 3. The molecule has 0 radical (unpaired) electrons. The molecule has 1 aromatic rings. The predicted molar refractivity (Wildman–Crippen MR) is 75.1 cm³/mol. The van der Waals surface area contributed by atoms with Gasteiger partial charge in [-0.15, -0.1) is 0 Å². The van der Waals surface area contributed by atoms with Gasteiger partial charge in [-0.1, -0.05) is 13.0 Å². The van der Waals surface area contributed by atoms with Crippen LogP contribution in [0.2, 0.25) is 0 Å². The van der Waals surface area contributed by atoms with Crippen LogP contribution >= 0.6 is 0 Å². The first-order valence-corrected chi connectivity index (χ1v) is 6.58. The number of methoxy groups -OCH3 is 1. The molecule has 1 aromatic carbocycles. The molecule has 1 rings (SSSR count). The zero-order valence-electron chi connectivity index (χ0n) is 12.4. The van der Waals surface area contributed by atoms with Crippen molar-refractivity contribution in [2.24, 2.45) is 0 Å². The van der Waals surface area contributed by atoms with Gasteiger partial charge in [-0.3, -0.25) is 0 Å². The monoisotopic (exact) mass is 269 g/mol. The molecule has 3 nitrogen and oxygen atoms in total. The Labute approximate surface area is 115 Å². The molecule has 0 amide bonds. The third kappa shape index (κ3) is 5.17. The van der Waals surface area contributed by atoms with Crippen LogP contribution in [0.15, 0.2) is 18.2 Å². The highest BCUT2D eigenvalue weighted by Crippen LogP contribution is 2.23. The van der Waals surface area contributed by atoms with Crippen LogP contribution in [0.3, 0.4) is 0 Å². The zero-order valence-corrected chi connectivity index (χ0v) is 12.4. The van der Waals surface area contributed by atoms with Gasteiger partial charge in [0, 0.05) is 0 Å². The van der Waals surface area contributed by atoms with Crippen LogP contribution in [0, 0.1) is 5.82 Å². The van der Waals surface area contributed by atoms with Gasteiger partial charge in [0.05, 0.1) is 25.4 Å². The van der Waals surface area contributed by atoms with Crippen molar-refractivity contribution in [3.8, 4) is 5.75 Å². The summed E-state index contributed by atoms with van der Waals surface area (Å²) >= 11 is 0. The van der Waals surface area contributed by atoms with E-state index in [1.54, 1.807) is 6.07 Å². The highest BCUT2D eigenvalue weighted by Gasteiger charge is 2.17. The summed E-state index contributed by atoms with van der Waals surface area (Å²) in [6.07, 6.45) is 0. The average Bonchev–Trinajstić information content (AvgIpc) is 2.33. The minimum absolute atomic E-state index is 0.0235. The molecular weight excluding hydrogens is 245 g/mol. The Hall–Kier alpha value is -1.13. The fourth-order valence-corrected chi connectivity index (χ4v) is 1.75. The van der Waals surface area contributed by atoms with Crippen molar-refractivity contribution in [3.63, 3.8) is 0 Å². The van der Waals surface area contributed by atoms with E-state index in [1.807, 2.05) is 33.8 Å². The summed E-state index contributed by atoms with van der Waals surface area (Å²) in [6, 6.07) is 4.98. The zero-order chi connectivity index (χ0) is 14.5. The molecule has 19 heavy (non-hydrogen) atoms. The summed E-state index contributed by atoms with van der Waals surface area (Å²) in [7, 11) is 1.46. The molecule has 1 atom stereocenters. The molecule has 0 aliphatic heterocycles. The Morgan fingerprint density at radius 2 is 2.00 bits per heavy atom. The van der Waals surface area contributed by atoms with Gasteiger partial charge in [0.2, 0.25) is 0 Å². The van der Waals surface area contributed by atoms with Crippen molar-refractivity contribution in [2.75, 3.05) is 20.3 Å². The molecule has 4 heteroatoms. The number of benzene rings is 1. The number of likely N-dealkylation sites (N-methyl/N-ethyl adjacent to an activating group) is 1. The number of rotatable bonds is 6. The maximum atomic E-state index is 13.7. The van der Waals surface area contributed by atoms with Gasteiger partial charge in [0.15, 0.2) is 11.6 Å². The Kier molecular flexibility index (Phi) is 5.76. The van der Waals surface area contributed by atoms with E-state index in [4.69, 9.17) is 9.47 Å². The lowest BCUT2D eigenvalue weighted by Gasteiger charge is -2.25. The molecule has 0 aliphatic carbocycles. The second-order valence-electron chi connectivity index (χ2n) is 5.43. The van der Waals surface area contributed by atoms with Crippen LogP contribution in [0.4, 0.5) is 4.39 Å². The van der Waals surface area contributed by atoms with Gasteiger partial charge in [-0.25, -0.2) is 4.39 Å². The maximum absolute atomic E-state index is 13.7. The van der Waals surface area contributed by atoms with Crippen molar-refractivity contribution in [1.29, 1.82) is 0 Å². The normalized spacial score (nSPS) is 13.4. The molecule has 0 heterocycles. The first-order chi connectivity index (χ1) is 8.87. The summed E-state index contributed by atoms with van der Waals surface area (Å²) in [4.78, 5) is 0. The van der Waals surface area contributed by atoms with Gasteiger partial charge >= 0.3 is 0 Å². The number of halogens is 1. The molecule has 0 bridgehead atoms. The number of ether oxygens (including phenoxy) is 2. The molecule has 0 saturated carbocycles. The molecule has 0 aliphatic rings. The molecule has 0 spiro atoms. The summed E-state index contributed by atoms with van der Waals surface area (Å²) in [5, 5.41) is 3.30. The number of nitrogens with one attached hydrogen (secondary N) is 1. The van der Waals surface area contributed by atoms with Crippen LogP contribution in [-0.4, -0.2) is 25.9 Å². The lowest BCUT2D eigenvalue weighted by molar-refractivity contribution is -0.0146. The fraction of sp³-hybridized carbons (Fsp3) is 0.600. The van der Waals surface area contributed by atoms with E-state index in [9.17, 15) is 4.39 Å². The Morgan fingerprint density at radius 1 is 1.32 bits per heavy atom. The average molecular weight is 269 g/mol. The highest BCUT2D eigenvalue weighted by molar-refractivity contribution is 5.31. The molecule has 1 unspecified atom stereocenters. The van der Waals surface area contributed by atoms with Crippen molar-refractivity contribution in [2.45, 2.75) is 39.3 Å². The van der Waals surface area contributed by atoms with E-state index in [0.29, 0.717) is 6.61 Å². The predicted octanol–water partition coefficient (Wildman–Crippen LogP) is 3.30. The van der Waals surface area contributed by atoms with Gasteiger partial charge < -0.3 is 14.8 Å². The maximum Gasteiger partial charge on any atom is 0.165 e. The van der Waals surface area contributed by atoms with Crippen molar-refractivity contribution in [3.05, 3.63) is 29.6 Å². The topological polar surface area (TPSA) is 30.5 Å². The second kappa shape index (κ2) is 6.87. The van der Waals surface area contributed by atoms with Gasteiger partial charge in [0.1, 0.15) is 0 Å². The van der Waals surface area contributed by atoms with Crippen LogP contribution in [-0.2, 0) is 4.74 Å². The van der Waals surface area contributed by atoms with Gasteiger partial charge in [-0.2, -0.15) is 0 Å². The molecule has 1 N–H and O–H groups in total. The molecular formula is C15H24FNO2. The Morgan fingerprint density at radius 3 is 2.47 bits per heavy atom. The second-order valence-corrected chi connectivity index (χ2v) is 5.43. The summed E-state index contributed by atoms with van der Waals surface area (Å²) in [6.45, 7) is 9.33. The van der Waals surface area contributed by atoms with Crippen molar-refractivity contribution < 1.29 is 13.9 Å². The Bertz CT molecular complexity index is 402. The minimum Gasteiger partial charge on any atom is -0.494 e. The van der Waals surface area contributed by atoms with E-state index in [-0.39, 0.29) is 23.2 Å². The first kappa shape index (κ1) is 15.9. The summed E-state index contributed by atoms with van der Waals surface area (Å²) in [5.74, 6) is -0.0885.